The van der Waals surface area contributed by atoms with Gasteiger partial charge in [0.1, 0.15) is 0 Å². The molecular formula is C18H17BrN2O3S. The molecule has 0 amide bonds. The Morgan fingerprint density at radius 2 is 1.84 bits per heavy atom. The zero-order valence-corrected chi connectivity index (χ0v) is 16.3. The minimum Gasteiger partial charge on any atom is -0.493 e. The van der Waals surface area contributed by atoms with E-state index in [2.05, 4.69) is 38.3 Å². The first-order valence-electron chi connectivity index (χ1n) is 7.58. The standard InChI is InChI=1S/C18H17BrN2O3S/c1-22-15-7-6-12(9-16(15)23-2)10-17-20-21-18(24-17)25-11-13-4-3-5-14(19)8-13/h3-9H,10-11H2,1-2H3. The molecule has 0 aliphatic heterocycles. The van der Waals surface area contributed by atoms with Crippen LogP contribution < -0.4 is 9.47 Å². The maximum atomic E-state index is 5.73. The molecule has 0 aliphatic rings. The predicted molar refractivity (Wildman–Crippen MR) is 100 cm³/mol. The number of nitrogens with zero attached hydrogens (tertiary/aromatic N) is 2. The quantitative estimate of drug-likeness (QED) is 0.514. The van der Waals surface area contributed by atoms with Crippen molar-refractivity contribution >= 4 is 27.7 Å². The zero-order valence-electron chi connectivity index (χ0n) is 13.9. The molecule has 0 fully saturated rings. The third kappa shape index (κ3) is 4.76. The van der Waals surface area contributed by atoms with Crippen molar-refractivity contribution in [2.75, 3.05) is 14.2 Å². The smallest absolute Gasteiger partial charge is 0.276 e. The van der Waals surface area contributed by atoms with E-state index < -0.39 is 0 Å². The van der Waals surface area contributed by atoms with Gasteiger partial charge in [-0.2, -0.15) is 0 Å². The summed E-state index contributed by atoms with van der Waals surface area (Å²) in [7, 11) is 3.23. The number of halogens is 1. The van der Waals surface area contributed by atoms with E-state index in [-0.39, 0.29) is 0 Å². The molecule has 3 aromatic rings. The number of hydrogen-bond donors (Lipinski definition) is 0. The summed E-state index contributed by atoms with van der Waals surface area (Å²) < 4.78 is 17.3. The lowest BCUT2D eigenvalue weighted by Gasteiger charge is -2.08. The van der Waals surface area contributed by atoms with Crippen molar-refractivity contribution in [3.8, 4) is 11.5 Å². The second-order valence-corrected chi connectivity index (χ2v) is 7.09. The Kier molecular flexibility index (Phi) is 5.99. The molecule has 0 radical (unpaired) electrons. The largest absolute Gasteiger partial charge is 0.493 e. The van der Waals surface area contributed by atoms with Gasteiger partial charge in [-0.3, -0.25) is 0 Å². The van der Waals surface area contributed by atoms with Crippen LogP contribution in [0.4, 0.5) is 0 Å². The number of thioether (sulfide) groups is 1. The van der Waals surface area contributed by atoms with Crippen LogP contribution in [-0.4, -0.2) is 24.4 Å². The highest BCUT2D eigenvalue weighted by Crippen LogP contribution is 2.29. The van der Waals surface area contributed by atoms with Gasteiger partial charge in [0.2, 0.25) is 5.89 Å². The Bertz CT molecular complexity index is 854. The number of aromatic nitrogens is 2. The highest BCUT2D eigenvalue weighted by molar-refractivity contribution is 9.10. The SMILES string of the molecule is COc1ccc(Cc2nnc(SCc3cccc(Br)c3)o2)cc1OC. The lowest BCUT2D eigenvalue weighted by atomic mass is 10.1. The van der Waals surface area contributed by atoms with Crippen molar-refractivity contribution in [1.82, 2.24) is 10.2 Å². The van der Waals surface area contributed by atoms with Crippen molar-refractivity contribution in [2.45, 2.75) is 17.4 Å². The highest BCUT2D eigenvalue weighted by atomic mass is 79.9. The van der Waals surface area contributed by atoms with E-state index in [4.69, 9.17) is 13.9 Å². The first kappa shape index (κ1) is 17.8. The third-order valence-corrected chi connectivity index (χ3v) is 4.89. The summed E-state index contributed by atoms with van der Waals surface area (Å²) in [5.74, 6) is 2.73. The van der Waals surface area contributed by atoms with Crippen molar-refractivity contribution in [3.05, 3.63) is 64.0 Å². The van der Waals surface area contributed by atoms with Crippen LogP contribution in [0.15, 0.2) is 56.6 Å². The fourth-order valence-electron chi connectivity index (χ4n) is 2.31. The van der Waals surface area contributed by atoms with E-state index in [1.807, 2.05) is 30.3 Å². The number of rotatable bonds is 7. The Hall–Kier alpha value is -1.99. The Labute approximate surface area is 158 Å². The summed E-state index contributed by atoms with van der Waals surface area (Å²) in [5, 5.41) is 8.79. The van der Waals surface area contributed by atoms with Gasteiger partial charge in [0.05, 0.1) is 20.6 Å². The topological polar surface area (TPSA) is 57.4 Å². The molecule has 1 aromatic heterocycles. The van der Waals surface area contributed by atoms with Gasteiger partial charge in [0.15, 0.2) is 11.5 Å². The van der Waals surface area contributed by atoms with Gasteiger partial charge in [-0.15, -0.1) is 10.2 Å². The van der Waals surface area contributed by atoms with Gasteiger partial charge in [-0.05, 0) is 35.4 Å². The molecule has 0 unspecified atom stereocenters. The number of methoxy groups -OCH3 is 2. The molecule has 0 bridgehead atoms. The molecule has 5 nitrogen and oxygen atoms in total. The first-order chi connectivity index (χ1) is 12.2. The molecule has 0 atom stereocenters. The molecule has 130 valence electrons. The molecule has 3 rings (SSSR count). The molecule has 0 saturated carbocycles. The Morgan fingerprint density at radius 3 is 2.60 bits per heavy atom. The van der Waals surface area contributed by atoms with Gasteiger partial charge >= 0.3 is 0 Å². The van der Waals surface area contributed by atoms with Crippen molar-refractivity contribution in [1.29, 1.82) is 0 Å². The second-order valence-electron chi connectivity index (χ2n) is 5.25. The monoisotopic (exact) mass is 420 g/mol. The molecule has 7 heteroatoms. The molecule has 2 aromatic carbocycles. The molecule has 1 heterocycles. The van der Waals surface area contributed by atoms with Crippen LogP contribution >= 0.6 is 27.7 Å². The van der Waals surface area contributed by atoms with Crippen molar-refractivity contribution < 1.29 is 13.9 Å². The van der Waals surface area contributed by atoms with Crippen molar-refractivity contribution in [2.24, 2.45) is 0 Å². The lowest BCUT2D eigenvalue weighted by molar-refractivity contribution is 0.354. The van der Waals surface area contributed by atoms with E-state index in [1.165, 1.54) is 17.3 Å². The molecule has 0 aliphatic carbocycles. The average Bonchev–Trinajstić information content (AvgIpc) is 3.07. The maximum Gasteiger partial charge on any atom is 0.276 e. The van der Waals surface area contributed by atoms with Gasteiger partial charge in [-0.25, -0.2) is 0 Å². The van der Waals surface area contributed by atoms with Crippen LogP contribution in [0.5, 0.6) is 11.5 Å². The summed E-state index contributed by atoms with van der Waals surface area (Å²) in [6.07, 6.45) is 0.546. The third-order valence-electron chi connectivity index (χ3n) is 3.50. The first-order valence-corrected chi connectivity index (χ1v) is 9.36. The second kappa shape index (κ2) is 8.40. The minimum atomic E-state index is 0.546. The summed E-state index contributed by atoms with van der Waals surface area (Å²) in [5.41, 5.74) is 2.21. The van der Waals surface area contributed by atoms with Gasteiger partial charge in [-0.1, -0.05) is 45.9 Å². The summed E-state index contributed by atoms with van der Waals surface area (Å²) in [6.45, 7) is 0. The normalized spacial score (nSPS) is 10.7. The fourth-order valence-corrected chi connectivity index (χ4v) is 3.48. The van der Waals surface area contributed by atoms with E-state index in [0.717, 1.165) is 15.8 Å². The van der Waals surface area contributed by atoms with Crippen LogP contribution in [-0.2, 0) is 12.2 Å². The van der Waals surface area contributed by atoms with Crippen molar-refractivity contribution in [3.63, 3.8) is 0 Å². The number of hydrogen-bond acceptors (Lipinski definition) is 6. The Morgan fingerprint density at radius 1 is 1.00 bits per heavy atom. The maximum absolute atomic E-state index is 5.73. The number of benzene rings is 2. The molecular weight excluding hydrogens is 404 g/mol. The Balaban J connectivity index is 1.63. The number of ether oxygens (including phenoxy) is 2. The van der Waals surface area contributed by atoms with Gasteiger partial charge in [0.25, 0.3) is 5.22 Å². The van der Waals surface area contributed by atoms with Crippen LogP contribution in [0.25, 0.3) is 0 Å². The molecule has 0 spiro atoms. The van der Waals surface area contributed by atoms with Crippen LogP contribution in [0.3, 0.4) is 0 Å². The van der Waals surface area contributed by atoms with E-state index in [0.29, 0.717) is 29.0 Å². The summed E-state index contributed by atoms with van der Waals surface area (Å²) in [6, 6.07) is 13.9. The summed E-state index contributed by atoms with van der Waals surface area (Å²) >= 11 is 4.99. The van der Waals surface area contributed by atoms with Crippen LogP contribution in [0, 0.1) is 0 Å². The minimum absolute atomic E-state index is 0.546. The average molecular weight is 421 g/mol. The van der Waals surface area contributed by atoms with E-state index >= 15 is 0 Å². The molecule has 25 heavy (non-hydrogen) atoms. The van der Waals surface area contributed by atoms with E-state index in [9.17, 15) is 0 Å². The molecule has 0 saturated heterocycles. The predicted octanol–water partition coefficient (Wildman–Crippen LogP) is 4.73. The van der Waals surface area contributed by atoms with Crippen LogP contribution in [0.1, 0.15) is 17.0 Å². The fraction of sp³-hybridized carbons (Fsp3) is 0.222. The highest BCUT2D eigenvalue weighted by Gasteiger charge is 2.10. The lowest BCUT2D eigenvalue weighted by Crippen LogP contribution is -1.94. The van der Waals surface area contributed by atoms with Gasteiger partial charge in [0, 0.05) is 10.2 Å². The van der Waals surface area contributed by atoms with Crippen LogP contribution in [0.2, 0.25) is 0 Å². The molecule has 0 N–H and O–H groups in total. The summed E-state index contributed by atoms with van der Waals surface area (Å²) in [4.78, 5) is 0. The van der Waals surface area contributed by atoms with E-state index in [1.54, 1.807) is 14.2 Å². The zero-order chi connectivity index (χ0) is 17.6. The van der Waals surface area contributed by atoms with Gasteiger partial charge < -0.3 is 13.9 Å².